The van der Waals surface area contributed by atoms with E-state index in [2.05, 4.69) is 26.0 Å². The van der Waals surface area contributed by atoms with E-state index < -0.39 is 0 Å². The van der Waals surface area contributed by atoms with Gasteiger partial charge in [-0.25, -0.2) is 0 Å². The topological polar surface area (TPSA) is 44.5 Å². The molecular weight excluding hydrogens is 226 g/mol. The summed E-state index contributed by atoms with van der Waals surface area (Å²) in [5, 5.41) is 0. The van der Waals surface area contributed by atoms with Crippen molar-refractivity contribution >= 4 is 0 Å². The predicted octanol–water partition coefficient (Wildman–Crippen LogP) is 2.77. The molecule has 100 valence electrons. The molecule has 0 spiro atoms. The molecule has 0 saturated heterocycles. The first-order valence-electron chi connectivity index (χ1n) is 6.69. The highest BCUT2D eigenvalue weighted by Crippen LogP contribution is 2.32. The number of benzene rings is 1. The van der Waals surface area contributed by atoms with Crippen molar-refractivity contribution in [2.75, 3.05) is 19.8 Å². The number of rotatable bonds is 5. The van der Waals surface area contributed by atoms with E-state index in [1.165, 1.54) is 5.56 Å². The second kappa shape index (κ2) is 5.61. The normalized spacial score (nSPS) is 14.6. The second-order valence-corrected chi connectivity index (χ2v) is 5.68. The standard InChI is InChI=1S/C15H23NO2/c1-15(2,7-8-16)6-5-12-3-4-13-14(11-12)18-10-9-17-13/h3-4,11H,5-10,16H2,1-2H3. The van der Waals surface area contributed by atoms with Crippen LogP contribution in [-0.4, -0.2) is 19.8 Å². The number of ether oxygens (including phenoxy) is 2. The number of hydrogen-bond acceptors (Lipinski definition) is 3. The monoisotopic (exact) mass is 249 g/mol. The van der Waals surface area contributed by atoms with Crippen LogP contribution >= 0.6 is 0 Å². The molecule has 0 saturated carbocycles. The van der Waals surface area contributed by atoms with Crippen molar-refractivity contribution < 1.29 is 9.47 Å². The van der Waals surface area contributed by atoms with E-state index in [0.717, 1.165) is 37.3 Å². The van der Waals surface area contributed by atoms with Gasteiger partial charge in [-0.15, -0.1) is 0 Å². The van der Waals surface area contributed by atoms with Crippen LogP contribution in [-0.2, 0) is 6.42 Å². The Bertz CT molecular complexity index is 401. The average Bonchev–Trinajstić information content (AvgIpc) is 2.36. The number of hydrogen-bond donors (Lipinski definition) is 1. The third-order valence-corrected chi connectivity index (χ3v) is 3.52. The van der Waals surface area contributed by atoms with Crippen molar-refractivity contribution in [3.05, 3.63) is 23.8 Å². The van der Waals surface area contributed by atoms with Crippen LogP contribution in [0.3, 0.4) is 0 Å². The largest absolute Gasteiger partial charge is 0.486 e. The molecule has 3 heteroatoms. The summed E-state index contributed by atoms with van der Waals surface area (Å²) in [6, 6.07) is 6.25. The zero-order valence-electron chi connectivity index (χ0n) is 11.4. The van der Waals surface area contributed by atoms with Crippen LogP contribution < -0.4 is 15.2 Å². The fraction of sp³-hybridized carbons (Fsp3) is 0.600. The second-order valence-electron chi connectivity index (χ2n) is 5.68. The van der Waals surface area contributed by atoms with Crippen LogP contribution in [0.1, 0.15) is 32.3 Å². The number of aryl methyl sites for hydroxylation is 1. The first kappa shape index (κ1) is 13.2. The van der Waals surface area contributed by atoms with E-state index in [1.54, 1.807) is 0 Å². The molecule has 1 aliphatic rings. The quantitative estimate of drug-likeness (QED) is 0.872. The summed E-state index contributed by atoms with van der Waals surface area (Å²) in [6.45, 7) is 6.61. The SMILES string of the molecule is CC(C)(CCN)CCc1ccc2c(c1)OCCO2. The molecule has 0 amide bonds. The molecule has 1 aliphatic heterocycles. The Kier molecular flexibility index (Phi) is 4.12. The van der Waals surface area contributed by atoms with Crippen molar-refractivity contribution in [2.45, 2.75) is 33.1 Å². The van der Waals surface area contributed by atoms with Gasteiger partial charge in [0.2, 0.25) is 0 Å². The van der Waals surface area contributed by atoms with Gasteiger partial charge in [0.1, 0.15) is 13.2 Å². The van der Waals surface area contributed by atoms with E-state index in [9.17, 15) is 0 Å². The van der Waals surface area contributed by atoms with E-state index >= 15 is 0 Å². The Hall–Kier alpha value is -1.22. The zero-order valence-corrected chi connectivity index (χ0v) is 11.4. The minimum atomic E-state index is 0.308. The Morgan fingerprint density at radius 3 is 2.56 bits per heavy atom. The fourth-order valence-corrected chi connectivity index (χ4v) is 2.24. The summed E-state index contributed by atoms with van der Waals surface area (Å²) in [6.07, 6.45) is 3.27. The lowest BCUT2D eigenvalue weighted by Gasteiger charge is -2.24. The van der Waals surface area contributed by atoms with Gasteiger partial charge in [-0.3, -0.25) is 0 Å². The van der Waals surface area contributed by atoms with E-state index in [-0.39, 0.29) is 0 Å². The molecular formula is C15H23NO2. The Labute approximate surface area is 109 Å². The maximum Gasteiger partial charge on any atom is 0.161 e. The van der Waals surface area contributed by atoms with E-state index in [1.807, 2.05) is 6.07 Å². The van der Waals surface area contributed by atoms with Crippen molar-refractivity contribution in [1.82, 2.24) is 0 Å². The van der Waals surface area contributed by atoms with Gasteiger partial charge in [0.25, 0.3) is 0 Å². The van der Waals surface area contributed by atoms with Gasteiger partial charge in [0.05, 0.1) is 0 Å². The van der Waals surface area contributed by atoms with Crippen molar-refractivity contribution in [2.24, 2.45) is 11.1 Å². The van der Waals surface area contributed by atoms with Gasteiger partial charge in [-0.2, -0.15) is 0 Å². The third-order valence-electron chi connectivity index (χ3n) is 3.52. The summed E-state index contributed by atoms with van der Waals surface area (Å²) >= 11 is 0. The van der Waals surface area contributed by atoms with Crippen molar-refractivity contribution in [3.8, 4) is 11.5 Å². The molecule has 0 radical (unpaired) electrons. The fourth-order valence-electron chi connectivity index (χ4n) is 2.24. The zero-order chi connectivity index (χ0) is 13.0. The highest BCUT2D eigenvalue weighted by molar-refractivity contribution is 5.43. The molecule has 2 rings (SSSR count). The molecule has 0 aromatic heterocycles. The maximum atomic E-state index is 5.64. The molecule has 1 aromatic rings. The van der Waals surface area contributed by atoms with Crippen LogP contribution in [0.15, 0.2) is 18.2 Å². The Morgan fingerprint density at radius 1 is 1.11 bits per heavy atom. The predicted molar refractivity (Wildman–Crippen MR) is 73.2 cm³/mol. The summed E-state index contributed by atoms with van der Waals surface area (Å²) in [7, 11) is 0. The molecule has 1 heterocycles. The lowest BCUT2D eigenvalue weighted by molar-refractivity contribution is 0.171. The molecule has 2 N–H and O–H groups in total. The van der Waals surface area contributed by atoms with Crippen LogP contribution in [0, 0.1) is 5.41 Å². The van der Waals surface area contributed by atoms with E-state index in [0.29, 0.717) is 18.6 Å². The average molecular weight is 249 g/mol. The summed E-state index contributed by atoms with van der Waals surface area (Å²) < 4.78 is 11.1. The van der Waals surface area contributed by atoms with E-state index in [4.69, 9.17) is 15.2 Å². The highest BCUT2D eigenvalue weighted by atomic mass is 16.6. The number of fused-ring (bicyclic) bond motifs is 1. The maximum absolute atomic E-state index is 5.64. The molecule has 0 unspecified atom stereocenters. The van der Waals surface area contributed by atoms with Gasteiger partial charge in [-0.1, -0.05) is 19.9 Å². The van der Waals surface area contributed by atoms with Crippen molar-refractivity contribution in [3.63, 3.8) is 0 Å². The van der Waals surface area contributed by atoms with Crippen LogP contribution in [0.5, 0.6) is 11.5 Å². The summed E-state index contributed by atoms with van der Waals surface area (Å²) in [4.78, 5) is 0. The van der Waals surface area contributed by atoms with Gasteiger partial charge < -0.3 is 15.2 Å². The van der Waals surface area contributed by atoms with Crippen LogP contribution in [0.4, 0.5) is 0 Å². The smallest absolute Gasteiger partial charge is 0.161 e. The lowest BCUT2D eigenvalue weighted by Crippen LogP contribution is -2.18. The summed E-state index contributed by atoms with van der Waals surface area (Å²) in [5.41, 5.74) is 7.26. The molecule has 3 nitrogen and oxygen atoms in total. The lowest BCUT2D eigenvalue weighted by atomic mass is 9.83. The molecule has 0 atom stereocenters. The van der Waals surface area contributed by atoms with Gasteiger partial charge in [-0.05, 0) is 48.9 Å². The molecule has 1 aromatic carbocycles. The van der Waals surface area contributed by atoms with Gasteiger partial charge in [0.15, 0.2) is 11.5 Å². The highest BCUT2D eigenvalue weighted by Gasteiger charge is 2.17. The molecule has 0 aliphatic carbocycles. The number of nitrogens with two attached hydrogens (primary N) is 1. The molecule has 18 heavy (non-hydrogen) atoms. The molecule has 0 bridgehead atoms. The Morgan fingerprint density at radius 2 is 1.83 bits per heavy atom. The van der Waals surface area contributed by atoms with Crippen molar-refractivity contribution in [1.29, 1.82) is 0 Å². The summed E-state index contributed by atoms with van der Waals surface area (Å²) in [5.74, 6) is 1.75. The van der Waals surface area contributed by atoms with Crippen LogP contribution in [0.2, 0.25) is 0 Å². The first-order chi connectivity index (χ1) is 8.61. The first-order valence-corrected chi connectivity index (χ1v) is 6.69. The van der Waals surface area contributed by atoms with Crippen LogP contribution in [0.25, 0.3) is 0 Å². The third kappa shape index (κ3) is 3.39. The minimum Gasteiger partial charge on any atom is -0.486 e. The van der Waals surface area contributed by atoms with Gasteiger partial charge in [0, 0.05) is 0 Å². The van der Waals surface area contributed by atoms with Gasteiger partial charge >= 0.3 is 0 Å². The Balaban J connectivity index is 1.98. The minimum absolute atomic E-state index is 0.308. The molecule has 0 fully saturated rings.